The van der Waals surface area contributed by atoms with Crippen molar-refractivity contribution in [3.05, 3.63) is 47.7 Å². The third-order valence-electron chi connectivity index (χ3n) is 6.34. The molecular weight excluding hydrogens is 470 g/mol. The molecule has 1 amide bonds. The topological polar surface area (TPSA) is 123 Å². The number of benzene rings is 1. The van der Waals surface area contributed by atoms with Crippen LogP contribution in [0.3, 0.4) is 0 Å². The summed E-state index contributed by atoms with van der Waals surface area (Å²) in [4.78, 5) is 32.4. The number of carbonyl (C=O) groups excluding carboxylic acids is 2. The highest BCUT2D eigenvalue weighted by Crippen LogP contribution is 2.28. The zero-order chi connectivity index (χ0) is 24.6. The molecule has 1 unspecified atom stereocenters. The zero-order valence-corrected chi connectivity index (χ0v) is 20.3. The maximum atomic E-state index is 13.0. The minimum atomic E-state index is -3.11. The van der Waals surface area contributed by atoms with Crippen molar-refractivity contribution in [1.29, 1.82) is 0 Å². The van der Waals surface area contributed by atoms with Crippen molar-refractivity contribution in [1.82, 2.24) is 14.8 Å². The Morgan fingerprint density at radius 2 is 1.94 bits per heavy atom. The number of amides is 1. The summed E-state index contributed by atoms with van der Waals surface area (Å²) in [6.45, 7) is 2.90. The Balaban J connectivity index is 1.30. The van der Waals surface area contributed by atoms with E-state index in [1.165, 1.54) is 0 Å². The fourth-order valence-electron chi connectivity index (χ4n) is 4.67. The first-order valence-electron chi connectivity index (χ1n) is 11.7. The third kappa shape index (κ3) is 5.00. The van der Waals surface area contributed by atoms with Gasteiger partial charge >= 0.3 is 5.97 Å². The molecule has 11 heteroatoms. The van der Waals surface area contributed by atoms with E-state index < -0.39 is 28.3 Å². The quantitative estimate of drug-likeness (QED) is 0.515. The van der Waals surface area contributed by atoms with E-state index in [0.717, 1.165) is 36.8 Å². The third-order valence-corrected chi connectivity index (χ3v) is 8.09. The van der Waals surface area contributed by atoms with Crippen LogP contribution >= 0.6 is 0 Å². The Morgan fingerprint density at radius 3 is 2.69 bits per heavy atom. The van der Waals surface area contributed by atoms with E-state index in [2.05, 4.69) is 15.3 Å². The van der Waals surface area contributed by atoms with E-state index in [1.807, 2.05) is 24.3 Å². The fraction of sp³-hybridized carbons (Fsp3) is 0.417. The number of anilines is 2. The number of pyridine rings is 1. The van der Waals surface area contributed by atoms with Gasteiger partial charge in [-0.2, -0.15) is 5.10 Å². The number of para-hydroxylation sites is 1. The molecule has 0 spiro atoms. The van der Waals surface area contributed by atoms with Gasteiger partial charge in [-0.05, 0) is 38.3 Å². The van der Waals surface area contributed by atoms with E-state index in [0.29, 0.717) is 29.3 Å². The molecule has 10 nitrogen and oxygen atoms in total. The predicted octanol–water partition coefficient (Wildman–Crippen LogP) is 2.50. The lowest BCUT2D eigenvalue weighted by Gasteiger charge is -2.20. The molecular formula is C24H27N5O5S. The molecule has 1 N–H and O–H groups in total. The molecule has 5 rings (SSSR count). The lowest BCUT2D eigenvalue weighted by Crippen LogP contribution is -2.26. The van der Waals surface area contributed by atoms with Crippen molar-refractivity contribution in [3.63, 3.8) is 0 Å². The zero-order valence-electron chi connectivity index (χ0n) is 19.4. The molecule has 35 heavy (non-hydrogen) atoms. The summed E-state index contributed by atoms with van der Waals surface area (Å²) in [6.07, 6.45) is 2.50. The Morgan fingerprint density at radius 1 is 1.17 bits per heavy atom. The Hall–Kier alpha value is -3.47. The van der Waals surface area contributed by atoms with Gasteiger partial charge in [-0.1, -0.05) is 18.2 Å². The summed E-state index contributed by atoms with van der Waals surface area (Å²) >= 11 is 0. The monoisotopic (exact) mass is 497 g/mol. The molecule has 0 saturated carbocycles. The summed E-state index contributed by atoms with van der Waals surface area (Å²) < 4.78 is 30.7. The van der Waals surface area contributed by atoms with Crippen LogP contribution in [0.5, 0.6) is 0 Å². The number of aryl methyl sites for hydroxylation is 1. The number of carbonyl (C=O) groups is 2. The second-order valence-electron chi connectivity index (χ2n) is 9.04. The minimum absolute atomic E-state index is 0.0137. The number of aromatic nitrogens is 3. The van der Waals surface area contributed by atoms with Crippen molar-refractivity contribution in [2.75, 3.05) is 41.4 Å². The van der Waals surface area contributed by atoms with Crippen LogP contribution < -0.4 is 10.2 Å². The van der Waals surface area contributed by atoms with Gasteiger partial charge in [0.05, 0.1) is 28.8 Å². The van der Waals surface area contributed by atoms with Crippen LogP contribution in [0.15, 0.2) is 36.4 Å². The second-order valence-corrected chi connectivity index (χ2v) is 11.3. The van der Waals surface area contributed by atoms with Crippen LogP contribution in [0.25, 0.3) is 10.9 Å². The SMILES string of the molecule is Cc1cc(NC(=O)COC(=O)c2cc3ccccc3nc2N2CCCC2)n(C2CCS(=O)(=O)C2)n1. The average Bonchev–Trinajstić information content (AvgIpc) is 3.57. The number of ether oxygens (including phenoxy) is 1. The number of fused-ring (bicyclic) bond motifs is 1. The number of hydrogen-bond donors (Lipinski definition) is 1. The highest BCUT2D eigenvalue weighted by atomic mass is 32.2. The number of sulfone groups is 1. The first-order valence-corrected chi connectivity index (χ1v) is 13.5. The molecule has 2 fully saturated rings. The number of esters is 1. The van der Waals surface area contributed by atoms with Crippen molar-refractivity contribution < 1.29 is 22.7 Å². The van der Waals surface area contributed by atoms with Gasteiger partial charge in [0.1, 0.15) is 17.2 Å². The molecule has 4 heterocycles. The number of nitrogens with zero attached hydrogens (tertiary/aromatic N) is 4. The van der Waals surface area contributed by atoms with E-state index in [4.69, 9.17) is 9.72 Å². The van der Waals surface area contributed by atoms with Crippen LogP contribution in [-0.2, 0) is 19.4 Å². The van der Waals surface area contributed by atoms with Crippen LogP contribution in [0.2, 0.25) is 0 Å². The van der Waals surface area contributed by atoms with Gasteiger partial charge in [0.2, 0.25) is 0 Å². The molecule has 0 radical (unpaired) electrons. The molecule has 3 aromatic rings. The summed E-state index contributed by atoms with van der Waals surface area (Å²) in [6, 6.07) is 10.7. The standard InChI is InChI=1S/C24H27N5O5S/c1-16-12-21(29(27-16)18-8-11-35(32,33)15-18)26-22(30)14-34-24(31)19-13-17-6-2-3-7-20(17)25-23(19)28-9-4-5-10-28/h2-3,6-7,12-13,18H,4-5,8-11,14-15H2,1H3,(H,26,30). The lowest BCUT2D eigenvalue weighted by atomic mass is 10.1. The van der Waals surface area contributed by atoms with Gasteiger partial charge < -0.3 is 15.0 Å². The molecule has 2 saturated heterocycles. The van der Waals surface area contributed by atoms with Crippen LogP contribution in [-0.4, -0.2) is 66.3 Å². The highest BCUT2D eigenvalue weighted by molar-refractivity contribution is 7.91. The number of hydrogen-bond acceptors (Lipinski definition) is 8. The van der Waals surface area contributed by atoms with Gasteiger partial charge in [0.25, 0.3) is 5.91 Å². The van der Waals surface area contributed by atoms with E-state index in [-0.39, 0.29) is 17.5 Å². The van der Waals surface area contributed by atoms with Crippen LogP contribution in [0, 0.1) is 6.92 Å². The van der Waals surface area contributed by atoms with Crippen molar-refractivity contribution in [3.8, 4) is 0 Å². The molecule has 0 aliphatic carbocycles. The fourth-order valence-corrected chi connectivity index (χ4v) is 6.36. The van der Waals surface area contributed by atoms with E-state index in [1.54, 1.807) is 23.7 Å². The lowest BCUT2D eigenvalue weighted by molar-refractivity contribution is -0.119. The van der Waals surface area contributed by atoms with Gasteiger partial charge in [-0.15, -0.1) is 0 Å². The number of rotatable bonds is 6. The maximum Gasteiger partial charge on any atom is 0.342 e. The minimum Gasteiger partial charge on any atom is -0.452 e. The highest BCUT2D eigenvalue weighted by Gasteiger charge is 2.31. The van der Waals surface area contributed by atoms with Gasteiger partial charge in [-0.3, -0.25) is 4.79 Å². The number of nitrogens with one attached hydrogen (secondary N) is 1. The average molecular weight is 498 g/mol. The predicted molar refractivity (Wildman–Crippen MR) is 131 cm³/mol. The molecule has 2 aliphatic heterocycles. The molecule has 0 bridgehead atoms. The van der Waals surface area contributed by atoms with Gasteiger partial charge in [0, 0.05) is 24.5 Å². The summed E-state index contributed by atoms with van der Waals surface area (Å²) in [5.41, 5.74) is 1.77. The van der Waals surface area contributed by atoms with E-state index in [9.17, 15) is 18.0 Å². The molecule has 1 atom stereocenters. The van der Waals surface area contributed by atoms with Crippen LogP contribution in [0.4, 0.5) is 11.6 Å². The van der Waals surface area contributed by atoms with Gasteiger partial charge in [0.15, 0.2) is 16.4 Å². The smallest absolute Gasteiger partial charge is 0.342 e. The van der Waals surface area contributed by atoms with Crippen molar-refractivity contribution in [2.45, 2.75) is 32.2 Å². The second kappa shape index (κ2) is 9.29. The van der Waals surface area contributed by atoms with Crippen molar-refractivity contribution in [2.24, 2.45) is 0 Å². The Bertz CT molecular complexity index is 1390. The first kappa shape index (κ1) is 23.3. The maximum absolute atomic E-state index is 13.0. The normalized spacial score (nSPS) is 19.2. The molecule has 2 aromatic heterocycles. The van der Waals surface area contributed by atoms with E-state index >= 15 is 0 Å². The summed E-state index contributed by atoms with van der Waals surface area (Å²) in [5, 5.41) is 7.88. The summed E-state index contributed by atoms with van der Waals surface area (Å²) in [7, 11) is -3.11. The molecule has 2 aliphatic rings. The Kier molecular flexibility index (Phi) is 6.18. The molecule has 1 aromatic carbocycles. The van der Waals surface area contributed by atoms with Crippen LogP contribution in [0.1, 0.15) is 41.4 Å². The Labute approximate surface area is 203 Å². The molecule has 184 valence electrons. The first-order chi connectivity index (χ1) is 16.8. The largest absolute Gasteiger partial charge is 0.452 e. The van der Waals surface area contributed by atoms with Crippen molar-refractivity contribution >= 4 is 44.3 Å². The van der Waals surface area contributed by atoms with Gasteiger partial charge in [-0.25, -0.2) is 22.9 Å². The summed E-state index contributed by atoms with van der Waals surface area (Å²) in [5.74, 6) is -0.108.